The highest BCUT2D eigenvalue weighted by Crippen LogP contribution is 2.25. The van der Waals surface area contributed by atoms with Crippen molar-refractivity contribution in [2.75, 3.05) is 7.11 Å². The van der Waals surface area contributed by atoms with E-state index in [1.54, 1.807) is 43.5 Å². The molecule has 0 bridgehead atoms. The van der Waals surface area contributed by atoms with Gasteiger partial charge in [0, 0.05) is 5.02 Å². The first kappa shape index (κ1) is 20.4. The largest absolute Gasteiger partial charge is 0.497 e. The molecule has 0 saturated heterocycles. The lowest BCUT2D eigenvalue weighted by Crippen LogP contribution is -2.13. The van der Waals surface area contributed by atoms with Gasteiger partial charge in [-0.2, -0.15) is 0 Å². The zero-order valence-corrected chi connectivity index (χ0v) is 16.6. The summed E-state index contributed by atoms with van der Waals surface area (Å²) in [5.41, 5.74) is 1.90. The fourth-order valence-electron chi connectivity index (χ4n) is 2.68. The summed E-state index contributed by atoms with van der Waals surface area (Å²) in [6.45, 7) is 0. The Balaban J connectivity index is 1.74. The molecule has 4 nitrogen and oxygen atoms in total. The summed E-state index contributed by atoms with van der Waals surface area (Å²) < 4.78 is 10.6. The van der Waals surface area contributed by atoms with Crippen molar-refractivity contribution in [3.8, 4) is 11.5 Å². The van der Waals surface area contributed by atoms with E-state index in [1.165, 1.54) is 18.2 Å². The fraction of sp³-hybridized carbons (Fsp3) is 0.0833. The van der Waals surface area contributed by atoms with Crippen LogP contribution in [0.4, 0.5) is 0 Å². The summed E-state index contributed by atoms with van der Waals surface area (Å²) in [6.07, 6.45) is 3.20. The Hall–Kier alpha value is -3.37. The molecule has 0 radical (unpaired) electrons. The van der Waals surface area contributed by atoms with E-state index >= 15 is 0 Å². The SMILES string of the molecule is COc1ccc(CC(=O)Oc2ccc(Cl)cc2C(=O)/C=C/c2ccccc2)cc1. The van der Waals surface area contributed by atoms with Crippen LogP contribution in [-0.2, 0) is 11.2 Å². The van der Waals surface area contributed by atoms with Gasteiger partial charge in [-0.1, -0.05) is 60.1 Å². The molecule has 0 saturated carbocycles. The van der Waals surface area contributed by atoms with E-state index < -0.39 is 5.97 Å². The molecule has 0 heterocycles. The topological polar surface area (TPSA) is 52.6 Å². The third-order valence-electron chi connectivity index (χ3n) is 4.17. The van der Waals surface area contributed by atoms with E-state index in [2.05, 4.69) is 0 Å². The van der Waals surface area contributed by atoms with Crippen molar-refractivity contribution in [2.45, 2.75) is 6.42 Å². The average molecular weight is 407 g/mol. The molecule has 0 spiro atoms. The molecule has 5 heteroatoms. The molecular formula is C24H19ClO4. The van der Waals surface area contributed by atoms with Gasteiger partial charge in [-0.05, 0) is 47.5 Å². The number of esters is 1. The molecule has 0 unspecified atom stereocenters. The first-order chi connectivity index (χ1) is 14.0. The lowest BCUT2D eigenvalue weighted by atomic mass is 10.1. The third-order valence-corrected chi connectivity index (χ3v) is 4.40. The maximum absolute atomic E-state index is 12.7. The lowest BCUT2D eigenvalue weighted by Gasteiger charge is -2.09. The van der Waals surface area contributed by atoms with Gasteiger partial charge in [0.1, 0.15) is 11.5 Å². The number of halogens is 1. The second-order valence-electron chi connectivity index (χ2n) is 6.25. The van der Waals surface area contributed by atoms with E-state index in [0.29, 0.717) is 10.8 Å². The number of carbonyl (C=O) groups excluding carboxylic acids is 2. The minimum Gasteiger partial charge on any atom is -0.497 e. The van der Waals surface area contributed by atoms with E-state index in [-0.39, 0.29) is 23.5 Å². The Morgan fingerprint density at radius 3 is 2.38 bits per heavy atom. The van der Waals surface area contributed by atoms with Crippen LogP contribution >= 0.6 is 11.6 Å². The fourth-order valence-corrected chi connectivity index (χ4v) is 2.85. The van der Waals surface area contributed by atoms with Crippen molar-refractivity contribution in [2.24, 2.45) is 0 Å². The zero-order valence-electron chi connectivity index (χ0n) is 15.8. The summed E-state index contributed by atoms with van der Waals surface area (Å²) in [4.78, 5) is 25.0. The van der Waals surface area contributed by atoms with Crippen LogP contribution in [-0.4, -0.2) is 18.9 Å². The molecule has 3 aromatic rings. The minimum atomic E-state index is -0.474. The molecule has 0 atom stereocenters. The van der Waals surface area contributed by atoms with Crippen LogP contribution in [0.3, 0.4) is 0 Å². The van der Waals surface area contributed by atoms with E-state index in [9.17, 15) is 9.59 Å². The highest BCUT2D eigenvalue weighted by molar-refractivity contribution is 6.31. The normalized spacial score (nSPS) is 10.7. The van der Waals surface area contributed by atoms with Gasteiger partial charge in [-0.25, -0.2) is 0 Å². The van der Waals surface area contributed by atoms with E-state index in [0.717, 1.165) is 11.1 Å². The molecule has 0 amide bonds. The Bertz CT molecular complexity index is 1020. The molecule has 3 rings (SSSR count). The van der Waals surface area contributed by atoms with Gasteiger partial charge in [0.15, 0.2) is 5.78 Å². The molecule has 0 aliphatic rings. The van der Waals surface area contributed by atoms with Gasteiger partial charge in [0.25, 0.3) is 0 Å². The Labute approximate surface area is 174 Å². The number of rotatable bonds is 7. The standard InChI is InChI=1S/C24H19ClO4/c1-28-20-11-7-18(8-12-20)15-24(27)29-23-14-10-19(25)16-21(23)22(26)13-9-17-5-3-2-4-6-17/h2-14,16H,15H2,1H3/b13-9+. The predicted molar refractivity (Wildman–Crippen MR) is 114 cm³/mol. The molecule has 0 aliphatic carbocycles. The highest BCUT2D eigenvalue weighted by atomic mass is 35.5. The van der Waals surface area contributed by atoms with Crippen LogP contribution in [0.5, 0.6) is 11.5 Å². The zero-order chi connectivity index (χ0) is 20.6. The molecule has 0 aliphatic heterocycles. The lowest BCUT2D eigenvalue weighted by molar-refractivity contribution is -0.133. The van der Waals surface area contributed by atoms with E-state index in [4.69, 9.17) is 21.1 Å². The van der Waals surface area contributed by atoms with E-state index in [1.807, 2.05) is 30.3 Å². The van der Waals surface area contributed by atoms with Crippen LogP contribution < -0.4 is 9.47 Å². The predicted octanol–water partition coefficient (Wildman–Crippen LogP) is 5.39. The summed E-state index contributed by atoms with van der Waals surface area (Å²) in [5.74, 6) is 0.107. The van der Waals surface area contributed by atoms with Crippen LogP contribution in [0.2, 0.25) is 5.02 Å². The van der Waals surface area contributed by atoms with Crippen molar-refractivity contribution >= 4 is 29.4 Å². The quantitative estimate of drug-likeness (QED) is 0.228. The monoisotopic (exact) mass is 406 g/mol. The van der Waals surface area contributed by atoms with Crippen molar-refractivity contribution < 1.29 is 19.1 Å². The van der Waals surface area contributed by atoms with Gasteiger partial charge in [0.05, 0.1) is 19.1 Å². The number of hydrogen-bond donors (Lipinski definition) is 0. The molecule has 0 fully saturated rings. The van der Waals surface area contributed by atoms with Gasteiger partial charge in [0.2, 0.25) is 0 Å². The van der Waals surface area contributed by atoms with Crippen molar-refractivity contribution in [1.29, 1.82) is 0 Å². The molecule has 146 valence electrons. The average Bonchev–Trinajstić information content (AvgIpc) is 2.74. The van der Waals surface area contributed by atoms with Gasteiger partial charge in [-0.15, -0.1) is 0 Å². The maximum Gasteiger partial charge on any atom is 0.315 e. The number of benzene rings is 3. The molecule has 0 aromatic heterocycles. The molecule has 29 heavy (non-hydrogen) atoms. The number of ketones is 1. The summed E-state index contributed by atoms with van der Waals surface area (Å²) >= 11 is 6.04. The van der Waals surface area contributed by atoms with Crippen molar-refractivity contribution in [3.05, 3.63) is 101 Å². The third kappa shape index (κ3) is 5.80. The van der Waals surface area contributed by atoms with Crippen LogP contribution in [0, 0.1) is 0 Å². The second-order valence-corrected chi connectivity index (χ2v) is 6.68. The Morgan fingerprint density at radius 2 is 1.69 bits per heavy atom. The number of hydrogen-bond acceptors (Lipinski definition) is 4. The van der Waals surface area contributed by atoms with Crippen LogP contribution in [0.15, 0.2) is 78.9 Å². The van der Waals surface area contributed by atoms with Gasteiger partial charge in [-0.3, -0.25) is 9.59 Å². The summed E-state index contributed by atoms with van der Waals surface area (Å²) in [7, 11) is 1.58. The summed E-state index contributed by atoms with van der Waals surface area (Å²) in [6, 6.07) is 21.2. The molecule has 0 N–H and O–H groups in total. The maximum atomic E-state index is 12.7. The number of carbonyl (C=O) groups is 2. The first-order valence-corrected chi connectivity index (χ1v) is 9.33. The summed E-state index contributed by atoms with van der Waals surface area (Å²) in [5, 5.41) is 0.386. The van der Waals surface area contributed by atoms with Crippen molar-refractivity contribution in [3.63, 3.8) is 0 Å². The molecular weight excluding hydrogens is 388 g/mol. The number of ether oxygens (including phenoxy) is 2. The van der Waals surface area contributed by atoms with Gasteiger partial charge < -0.3 is 9.47 Å². The Kier molecular flexibility index (Phi) is 6.82. The van der Waals surface area contributed by atoms with Gasteiger partial charge >= 0.3 is 5.97 Å². The smallest absolute Gasteiger partial charge is 0.315 e. The Morgan fingerprint density at radius 1 is 0.966 bits per heavy atom. The first-order valence-electron chi connectivity index (χ1n) is 8.96. The highest BCUT2D eigenvalue weighted by Gasteiger charge is 2.15. The minimum absolute atomic E-state index is 0.0695. The molecule has 3 aromatic carbocycles. The van der Waals surface area contributed by atoms with Crippen molar-refractivity contribution in [1.82, 2.24) is 0 Å². The number of methoxy groups -OCH3 is 1. The van der Waals surface area contributed by atoms with Crippen LogP contribution in [0.25, 0.3) is 6.08 Å². The number of allylic oxidation sites excluding steroid dienone is 1. The second kappa shape index (κ2) is 9.71. The van der Waals surface area contributed by atoms with Crippen LogP contribution in [0.1, 0.15) is 21.5 Å².